The van der Waals surface area contributed by atoms with E-state index in [1.165, 1.54) is 12.1 Å². The molecule has 1 aromatic rings. The molecule has 3 unspecified atom stereocenters. The molecule has 1 fully saturated rings. The van der Waals surface area contributed by atoms with Gasteiger partial charge in [0.2, 0.25) is 0 Å². The Labute approximate surface area is 130 Å². The number of rotatable bonds is 3. The first kappa shape index (κ1) is 15.4. The molecule has 1 heterocycles. The molecule has 19 heavy (non-hydrogen) atoms. The van der Waals surface area contributed by atoms with Crippen molar-refractivity contribution in [1.29, 1.82) is 0 Å². The van der Waals surface area contributed by atoms with Gasteiger partial charge in [-0.05, 0) is 23.8 Å². The van der Waals surface area contributed by atoms with Crippen molar-refractivity contribution in [2.24, 2.45) is 0 Å². The predicted molar refractivity (Wildman–Crippen MR) is 85.6 cm³/mol. The van der Waals surface area contributed by atoms with E-state index < -0.39 is 0 Å². The van der Waals surface area contributed by atoms with Crippen molar-refractivity contribution in [3.05, 3.63) is 34.1 Å². The zero-order chi connectivity index (χ0) is 14.0. The lowest BCUT2D eigenvalue weighted by Gasteiger charge is -2.30. The molecule has 0 bridgehead atoms. The molecule has 1 saturated heterocycles. The quantitative estimate of drug-likeness (QED) is 0.796. The Kier molecular flexibility index (Phi) is 5.37. The Morgan fingerprint density at radius 2 is 2.16 bits per heavy atom. The molecule has 0 amide bonds. The summed E-state index contributed by atoms with van der Waals surface area (Å²) < 4.78 is 14.0. The van der Waals surface area contributed by atoms with Crippen molar-refractivity contribution in [2.45, 2.75) is 36.0 Å². The second kappa shape index (κ2) is 6.64. The van der Waals surface area contributed by atoms with E-state index in [0.717, 1.165) is 15.8 Å². The lowest BCUT2D eigenvalue weighted by Crippen LogP contribution is -2.32. The minimum atomic E-state index is -0.293. The minimum Gasteiger partial charge on any atom is -0.298 e. The molecule has 104 valence electrons. The fourth-order valence-corrected chi connectivity index (χ4v) is 5.21. The van der Waals surface area contributed by atoms with Crippen LogP contribution in [0, 0.1) is 5.82 Å². The second-order valence-electron chi connectivity index (χ2n) is 4.75. The summed E-state index contributed by atoms with van der Waals surface area (Å²) in [6.45, 7) is 4.37. The lowest BCUT2D eigenvalue weighted by atomic mass is 10.1. The molecule has 1 aromatic carbocycles. The third-order valence-corrected chi connectivity index (χ3v) is 7.49. The van der Waals surface area contributed by atoms with Crippen LogP contribution in [0.2, 0.25) is 0 Å². The maximum absolute atomic E-state index is 13.2. The Hall–Kier alpha value is -0.000000000000000111. The first-order valence-electron chi connectivity index (χ1n) is 6.21. The molecule has 0 saturated carbocycles. The number of halogens is 2. The van der Waals surface area contributed by atoms with Crippen molar-refractivity contribution in [1.82, 2.24) is 0 Å². The molecule has 1 aliphatic rings. The molecule has 0 N–H and O–H groups in total. The highest BCUT2D eigenvalue weighted by Crippen LogP contribution is 2.36. The first-order valence-corrected chi connectivity index (χ1v) is 8.99. The molecule has 0 aromatic heterocycles. The standard InChI is InChI=1S/C14H16BrFOS2/c1-8-9(2)19-14(7-18-8)13(17)6-10-5-11(16)3-4-12(10)15/h3-5,8-9,14H,6-7H2,1-2H3. The minimum absolute atomic E-state index is 0.0337. The van der Waals surface area contributed by atoms with E-state index in [1.54, 1.807) is 17.8 Å². The van der Waals surface area contributed by atoms with Gasteiger partial charge >= 0.3 is 0 Å². The summed E-state index contributed by atoms with van der Waals surface area (Å²) in [7, 11) is 0. The Morgan fingerprint density at radius 1 is 1.42 bits per heavy atom. The van der Waals surface area contributed by atoms with Crippen LogP contribution in [-0.2, 0) is 11.2 Å². The zero-order valence-corrected chi connectivity index (χ0v) is 14.1. The zero-order valence-electron chi connectivity index (χ0n) is 10.9. The largest absolute Gasteiger partial charge is 0.298 e. The molecule has 0 aliphatic carbocycles. The van der Waals surface area contributed by atoms with Crippen LogP contribution < -0.4 is 0 Å². The number of hydrogen-bond acceptors (Lipinski definition) is 3. The average molecular weight is 363 g/mol. The van der Waals surface area contributed by atoms with Gasteiger partial charge in [0.25, 0.3) is 0 Å². The van der Waals surface area contributed by atoms with Crippen LogP contribution in [-0.4, -0.2) is 27.3 Å². The molecular formula is C14H16BrFOS2. The summed E-state index contributed by atoms with van der Waals surface area (Å²) in [6.07, 6.45) is 0.303. The molecular weight excluding hydrogens is 347 g/mol. The second-order valence-corrected chi connectivity index (χ2v) is 8.60. The van der Waals surface area contributed by atoms with Gasteiger partial charge in [-0.15, -0.1) is 11.8 Å². The third kappa shape index (κ3) is 3.99. The molecule has 0 spiro atoms. The van der Waals surface area contributed by atoms with Gasteiger partial charge in [0.15, 0.2) is 5.78 Å². The highest BCUT2D eigenvalue weighted by Gasteiger charge is 2.30. The fraction of sp³-hybridized carbons (Fsp3) is 0.500. The SMILES string of the molecule is CC1SCC(C(=O)Cc2cc(F)ccc2Br)SC1C. The van der Waals surface area contributed by atoms with Gasteiger partial charge in [0, 0.05) is 27.1 Å². The van der Waals surface area contributed by atoms with Crippen molar-refractivity contribution >= 4 is 45.2 Å². The van der Waals surface area contributed by atoms with Gasteiger partial charge in [0.05, 0.1) is 5.25 Å². The summed E-state index contributed by atoms with van der Waals surface area (Å²) in [6, 6.07) is 4.49. The van der Waals surface area contributed by atoms with Gasteiger partial charge in [-0.2, -0.15) is 11.8 Å². The molecule has 0 radical (unpaired) electrons. The molecule has 3 atom stereocenters. The van der Waals surface area contributed by atoms with Crippen LogP contribution in [0.5, 0.6) is 0 Å². The van der Waals surface area contributed by atoms with Crippen molar-refractivity contribution in [3.63, 3.8) is 0 Å². The first-order chi connectivity index (χ1) is 8.97. The number of thioether (sulfide) groups is 2. The van der Waals surface area contributed by atoms with Crippen molar-refractivity contribution in [2.75, 3.05) is 5.75 Å². The molecule has 1 nitrogen and oxygen atoms in total. The molecule has 5 heteroatoms. The fourth-order valence-electron chi connectivity index (χ4n) is 1.93. The molecule has 2 rings (SSSR count). The van der Waals surface area contributed by atoms with Crippen LogP contribution in [0.4, 0.5) is 4.39 Å². The van der Waals surface area contributed by atoms with Gasteiger partial charge in [-0.1, -0.05) is 29.8 Å². The average Bonchev–Trinajstić information content (AvgIpc) is 2.37. The number of ketones is 1. The number of hydrogen-bond donors (Lipinski definition) is 0. The third-order valence-electron chi connectivity index (χ3n) is 3.28. The number of carbonyl (C=O) groups excluding carboxylic acids is 1. The summed E-state index contributed by atoms with van der Waals surface area (Å²) >= 11 is 6.98. The van der Waals surface area contributed by atoms with Crippen LogP contribution in [0.25, 0.3) is 0 Å². The smallest absolute Gasteiger partial charge is 0.151 e. The monoisotopic (exact) mass is 362 g/mol. The topological polar surface area (TPSA) is 17.1 Å². The van der Waals surface area contributed by atoms with E-state index in [-0.39, 0.29) is 16.9 Å². The van der Waals surface area contributed by atoms with Gasteiger partial charge in [0.1, 0.15) is 5.82 Å². The van der Waals surface area contributed by atoms with E-state index in [9.17, 15) is 9.18 Å². The summed E-state index contributed by atoms with van der Waals surface area (Å²) in [4.78, 5) is 12.3. The number of Topliss-reactive ketones (excluding diaryl/α,β-unsaturated/α-hetero) is 1. The summed E-state index contributed by atoms with van der Waals surface area (Å²) in [5.41, 5.74) is 0.738. The van der Waals surface area contributed by atoms with Gasteiger partial charge in [-0.3, -0.25) is 4.79 Å². The Bertz CT molecular complexity index is 481. The van der Waals surface area contributed by atoms with Crippen LogP contribution in [0.1, 0.15) is 19.4 Å². The normalized spacial score (nSPS) is 27.3. The van der Waals surface area contributed by atoms with Crippen molar-refractivity contribution in [3.8, 4) is 0 Å². The molecule has 1 aliphatic heterocycles. The van der Waals surface area contributed by atoms with E-state index in [0.29, 0.717) is 16.9 Å². The van der Waals surface area contributed by atoms with Crippen molar-refractivity contribution < 1.29 is 9.18 Å². The van der Waals surface area contributed by atoms with Crippen LogP contribution in [0.3, 0.4) is 0 Å². The maximum atomic E-state index is 13.2. The Balaban J connectivity index is 2.03. The highest BCUT2D eigenvalue weighted by molar-refractivity contribution is 9.10. The summed E-state index contributed by atoms with van der Waals surface area (Å²) in [5, 5.41) is 1.12. The van der Waals surface area contributed by atoms with E-state index in [1.807, 2.05) is 11.8 Å². The van der Waals surface area contributed by atoms with Gasteiger partial charge in [-0.25, -0.2) is 4.39 Å². The van der Waals surface area contributed by atoms with Gasteiger partial charge < -0.3 is 0 Å². The summed E-state index contributed by atoms with van der Waals surface area (Å²) in [5.74, 6) is 0.767. The van der Waals surface area contributed by atoms with E-state index >= 15 is 0 Å². The predicted octanol–water partition coefficient (Wildman–Crippen LogP) is 4.33. The Morgan fingerprint density at radius 3 is 2.84 bits per heavy atom. The van der Waals surface area contributed by atoms with Crippen LogP contribution >= 0.6 is 39.5 Å². The highest BCUT2D eigenvalue weighted by atomic mass is 79.9. The maximum Gasteiger partial charge on any atom is 0.151 e. The van der Waals surface area contributed by atoms with E-state index in [4.69, 9.17) is 0 Å². The van der Waals surface area contributed by atoms with Crippen LogP contribution in [0.15, 0.2) is 22.7 Å². The number of carbonyl (C=O) groups is 1. The van der Waals surface area contributed by atoms with E-state index in [2.05, 4.69) is 29.8 Å². The number of benzene rings is 1. The lowest BCUT2D eigenvalue weighted by molar-refractivity contribution is -0.117.